The molecule has 3 nitrogen and oxygen atoms in total. The molecule has 4 aromatic carbocycles. The zero-order valence-corrected chi connectivity index (χ0v) is 16.0. The number of rotatable bonds is 6. The lowest BCUT2D eigenvalue weighted by atomic mass is 10.0. The number of benzene rings is 4. The SMILES string of the molecule is Oc1cccc(Cc2ccccc2Oc2ccccc2Cc2cccc(O)c2)c1. The fraction of sp³-hybridized carbons (Fsp3) is 0.0769. The van der Waals surface area contributed by atoms with Crippen LogP contribution in [0.2, 0.25) is 0 Å². The van der Waals surface area contributed by atoms with E-state index < -0.39 is 0 Å². The third-order valence-electron chi connectivity index (χ3n) is 4.78. The molecule has 0 amide bonds. The lowest BCUT2D eigenvalue weighted by Gasteiger charge is -2.15. The summed E-state index contributed by atoms with van der Waals surface area (Å²) in [6.07, 6.45) is 1.33. The Labute approximate surface area is 170 Å². The molecule has 3 heteroatoms. The molecule has 0 bridgehead atoms. The highest BCUT2D eigenvalue weighted by Crippen LogP contribution is 2.31. The maximum atomic E-state index is 9.74. The molecule has 0 unspecified atom stereocenters. The van der Waals surface area contributed by atoms with Gasteiger partial charge in [-0.15, -0.1) is 0 Å². The molecule has 4 rings (SSSR count). The van der Waals surface area contributed by atoms with Gasteiger partial charge in [0, 0.05) is 12.8 Å². The van der Waals surface area contributed by atoms with Crippen molar-refractivity contribution in [2.24, 2.45) is 0 Å². The Hall–Kier alpha value is -3.72. The number of phenols is 2. The summed E-state index contributed by atoms with van der Waals surface area (Å²) in [7, 11) is 0. The van der Waals surface area contributed by atoms with Crippen LogP contribution in [0.4, 0.5) is 0 Å². The summed E-state index contributed by atoms with van der Waals surface area (Å²) < 4.78 is 6.32. The lowest BCUT2D eigenvalue weighted by molar-refractivity contribution is 0.470. The molecule has 144 valence electrons. The van der Waals surface area contributed by atoms with Crippen molar-refractivity contribution >= 4 is 0 Å². The van der Waals surface area contributed by atoms with E-state index in [0.29, 0.717) is 12.8 Å². The van der Waals surface area contributed by atoms with Crippen molar-refractivity contribution in [3.63, 3.8) is 0 Å². The van der Waals surface area contributed by atoms with Crippen LogP contribution >= 0.6 is 0 Å². The van der Waals surface area contributed by atoms with Gasteiger partial charge in [-0.3, -0.25) is 0 Å². The van der Waals surface area contributed by atoms with Gasteiger partial charge in [0.2, 0.25) is 0 Å². The van der Waals surface area contributed by atoms with Crippen LogP contribution in [0.1, 0.15) is 22.3 Å². The summed E-state index contributed by atoms with van der Waals surface area (Å²) in [6.45, 7) is 0. The number of ether oxygens (including phenoxy) is 1. The summed E-state index contributed by atoms with van der Waals surface area (Å²) >= 11 is 0. The second kappa shape index (κ2) is 8.53. The van der Waals surface area contributed by atoms with Gasteiger partial charge < -0.3 is 14.9 Å². The summed E-state index contributed by atoms with van der Waals surface area (Å²) in [5.74, 6) is 2.10. The van der Waals surface area contributed by atoms with Crippen LogP contribution < -0.4 is 4.74 Å². The van der Waals surface area contributed by atoms with E-state index in [0.717, 1.165) is 33.8 Å². The molecular weight excluding hydrogens is 360 g/mol. The van der Waals surface area contributed by atoms with E-state index in [2.05, 4.69) is 0 Å². The maximum Gasteiger partial charge on any atom is 0.130 e. The molecule has 0 aliphatic rings. The number of aromatic hydroxyl groups is 2. The van der Waals surface area contributed by atoms with E-state index in [9.17, 15) is 10.2 Å². The lowest BCUT2D eigenvalue weighted by Crippen LogP contribution is -1.97. The first-order valence-electron chi connectivity index (χ1n) is 9.57. The quantitative estimate of drug-likeness (QED) is 0.425. The number of phenolic OH excluding ortho intramolecular Hbond substituents is 2. The highest BCUT2D eigenvalue weighted by Gasteiger charge is 2.10. The number of para-hydroxylation sites is 2. The van der Waals surface area contributed by atoms with Crippen LogP contribution in [0.15, 0.2) is 97.1 Å². The van der Waals surface area contributed by atoms with Crippen molar-refractivity contribution in [3.8, 4) is 23.0 Å². The van der Waals surface area contributed by atoms with E-state index in [4.69, 9.17) is 4.74 Å². The van der Waals surface area contributed by atoms with Gasteiger partial charge in [0.1, 0.15) is 23.0 Å². The van der Waals surface area contributed by atoms with Gasteiger partial charge in [0.05, 0.1) is 0 Å². The molecule has 0 saturated heterocycles. The Morgan fingerprint density at radius 3 is 1.41 bits per heavy atom. The molecular formula is C26H22O3. The third-order valence-corrected chi connectivity index (χ3v) is 4.78. The predicted molar refractivity (Wildman–Crippen MR) is 115 cm³/mol. The van der Waals surface area contributed by atoms with Gasteiger partial charge in [0.15, 0.2) is 0 Å². The van der Waals surface area contributed by atoms with E-state index in [1.54, 1.807) is 24.3 Å². The molecule has 0 spiro atoms. The van der Waals surface area contributed by atoms with Crippen LogP contribution in [0.25, 0.3) is 0 Å². The Balaban J connectivity index is 1.60. The minimum atomic E-state index is 0.261. The monoisotopic (exact) mass is 382 g/mol. The van der Waals surface area contributed by atoms with E-state index in [1.807, 2.05) is 72.8 Å². The van der Waals surface area contributed by atoms with Crippen molar-refractivity contribution in [2.75, 3.05) is 0 Å². The highest BCUT2D eigenvalue weighted by atomic mass is 16.5. The van der Waals surface area contributed by atoms with Gasteiger partial charge in [0.25, 0.3) is 0 Å². The van der Waals surface area contributed by atoms with E-state index >= 15 is 0 Å². The maximum absolute atomic E-state index is 9.74. The van der Waals surface area contributed by atoms with Crippen LogP contribution in [0.3, 0.4) is 0 Å². The molecule has 4 aromatic rings. The summed E-state index contributed by atoms with van der Waals surface area (Å²) in [4.78, 5) is 0. The number of hydrogen-bond acceptors (Lipinski definition) is 3. The van der Waals surface area contributed by atoms with Gasteiger partial charge in [-0.25, -0.2) is 0 Å². The molecule has 0 fully saturated rings. The molecule has 0 heterocycles. The van der Waals surface area contributed by atoms with Gasteiger partial charge in [-0.1, -0.05) is 60.7 Å². The van der Waals surface area contributed by atoms with Crippen LogP contribution in [0, 0.1) is 0 Å². The smallest absolute Gasteiger partial charge is 0.130 e. The minimum Gasteiger partial charge on any atom is -0.508 e. The zero-order valence-electron chi connectivity index (χ0n) is 16.0. The van der Waals surface area contributed by atoms with Gasteiger partial charge in [-0.2, -0.15) is 0 Å². The van der Waals surface area contributed by atoms with Crippen molar-refractivity contribution in [1.82, 2.24) is 0 Å². The van der Waals surface area contributed by atoms with E-state index in [-0.39, 0.29) is 11.5 Å². The summed E-state index contributed by atoms with van der Waals surface area (Å²) in [6, 6.07) is 30.5. The van der Waals surface area contributed by atoms with Gasteiger partial charge >= 0.3 is 0 Å². The normalized spacial score (nSPS) is 10.6. The van der Waals surface area contributed by atoms with Crippen LogP contribution in [-0.4, -0.2) is 10.2 Å². The second-order valence-corrected chi connectivity index (χ2v) is 7.01. The van der Waals surface area contributed by atoms with Crippen molar-refractivity contribution in [2.45, 2.75) is 12.8 Å². The highest BCUT2D eigenvalue weighted by molar-refractivity contribution is 5.45. The van der Waals surface area contributed by atoms with Gasteiger partial charge in [-0.05, 0) is 58.7 Å². The first-order valence-corrected chi connectivity index (χ1v) is 9.57. The average molecular weight is 382 g/mol. The molecule has 2 N–H and O–H groups in total. The van der Waals surface area contributed by atoms with Crippen LogP contribution in [-0.2, 0) is 12.8 Å². The van der Waals surface area contributed by atoms with Crippen molar-refractivity contribution in [3.05, 3.63) is 119 Å². The Morgan fingerprint density at radius 2 is 0.966 bits per heavy atom. The Kier molecular flexibility index (Phi) is 5.48. The molecule has 0 saturated carbocycles. The van der Waals surface area contributed by atoms with Crippen molar-refractivity contribution < 1.29 is 14.9 Å². The zero-order chi connectivity index (χ0) is 20.1. The van der Waals surface area contributed by atoms with Crippen LogP contribution in [0.5, 0.6) is 23.0 Å². The van der Waals surface area contributed by atoms with Crippen molar-refractivity contribution in [1.29, 1.82) is 0 Å². The predicted octanol–water partition coefficient (Wildman–Crippen LogP) is 6.07. The topological polar surface area (TPSA) is 49.7 Å². The Bertz CT molecular complexity index is 1030. The fourth-order valence-electron chi connectivity index (χ4n) is 3.39. The standard InChI is InChI=1S/C26H22O3/c27-23-11-5-7-19(17-23)15-21-9-1-3-13-25(21)29-26-14-4-2-10-22(26)16-20-8-6-12-24(28)18-20/h1-14,17-18,27-28H,15-16H2. The van der Waals surface area contributed by atoms with E-state index in [1.165, 1.54) is 0 Å². The average Bonchev–Trinajstić information content (AvgIpc) is 2.71. The first-order chi connectivity index (χ1) is 14.2. The number of hydrogen-bond donors (Lipinski definition) is 2. The summed E-state index contributed by atoms with van der Waals surface area (Å²) in [5.41, 5.74) is 4.14. The molecule has 0 aliphatic heterocycles. The minimum absolute atomic E-state index is 0.261. The Morgan fingerprint density at radius 1 is 0.517 bits per heavy atom. The fourth-order valence-corrected chi connectivity index (χ4v) is 3.39. The summed E-state index contributed by atoms with van der Waals surface area (Å²) in [5, 5.41) is 19.5. The molecule has 0 aliphatic carbocycles. The third kappa shape index (κ3) is 4.77. The molecule has 0 radical (unpaired) electrons. The molecule has 0 atom stereocenters. The molecule has 29 heavy (non-hydrogen) atoms. The second-order valence-electron chi connectivity index (χ2n) is 7.01. The largest absolute Gasteiger partial charge is 0.508 e. The molecule has 0 aromatic heterocycles. The first kappa shape index (κ1) is 18.6.